The largest absolute Gasteiger partial charge is 0.355 e. The fourth-order valence-corrected chi connectivity index (χ4v) is 2.12. The number of aromatic nitrogens is 1. The third-order valence-electron chi connectivity index (χ3n) is 2.91. The Kier molecular flexibility index (Phi) is 3.21. The molecular formula is C12H21N3. The minimum atomic E-state index is 0. The van der Waals surface area contributed by atoms with Crippen LogP contribution in [-0.4, -0.2) is 30.7 Å². The highest BCUT2D eigenvalue weighted by atomic mass is 15.2. The quantitative estimate of drug-likeness (QED) is 0.819. The second-order valence-corrected chi connectivity index (χ2v) is 4.18. The number of hydrogen-bond donors (Lipinski definition) is 1. The van der Waals surface area contributed by atoms with Crippen molar-refractivity contribution in [1.29, 1.82) is 0 Å². The first kappa shape index (κ1) is 10.4. The van der Waals surface area contributed by atoms with Gasteiger partial charge in [0.25, 0.3) is 0 Å². The van der Waals surface area contributed by atoms with Crippen molar-refractivity contribution in [3.63, 3.8) is 0 Å². The number of nitrogens with zero attached hydrogens (tertiary/aromatic N) is 2. The molecule has 2 heterocycles. The fraction of sp³-hybridized carbons (Fsp3) is 0.583. The summed E-state index contributed by atoms with van der Waals surface area (Å²) in [6, 6.07) is 4.84. The minimum Gasteiger partial charge on any atom is -0.355 e. The van der Waals surface area contributed by atoms with Crippen LogP contribution in [0.25, 0.3) is 0 Å². The second kappa shape index (κ2) is 4.62. The van der Waals surface area contributed by atoms with Gasteiger partial charge in [0.05, 0.1) is 0 Å². The van der Waals surface area contributed by atoms with Gasteiger partial charge < -0.3 is 10.2 Å². The first-order valence-corrected chi connectivity index (χ1v) is 5.70. The average Bonchev–Trinajstić information content (AvgIpc) is 2.67. The Bertz CT molecular complexity index is 330. The number of hydrogen-bond acceptors (Lipinski definition) is 3. The minimum absolute atomic E-state index is 0. The van der Waals surface area contributed by atoms with E-state index in [2.05, 4.69) is 35.1 Å². The lowest BCUT2D eigenvalue weighted by Crippen LogP contribution is -2.32. The Morgan fingerprint density at radius 1 is 1.67 bits per heavy atom. The fourth-order valence-electron chi connectivity index (χ4n) is 2.12. The molecule has 3 heteroatoms. The van der Waals surface area contributed by atoms with E-state index in [0.717, 1.165) is 25.5 Å². The van der Waals surface area contributed by atoms with E-state index >= 15 is 0 Å². The molecule has 3 nitrogen and oxygen atoms in total. The summed E-state index contributed by atoms with van der Waals surface area (Å²) in [4.78, 5) is 6.78. The van der Waals surface area contributed by atoms with Crippen LogP contribution in [-0.2, 0) is 0 Å². The lowest BCUT2D eigenvalue weighted by Gasteiger charge is -2.17. The first-order chi connectivity index (χ1) is 7.29. The normalized spacial score (nSPS) is 20.9. The Morgan fingerprint density at radius 3 is 3.27 bits per heavy atom. The zero-order valence-corrected chi connectivity index (χ0v) is 9.53. The van der Waals surface area contributed by atoms with Crippen molar-refractivity contribution in [2.75, 3.05) is 24.5 Å². The van der Waals surface area contributed by atoms with E-state index in [-0.39, 0.29) is 1.43 Å². The molecule has 0 saturated carbocycles. The van der Waals surface area contributed by atoms with E-state index in [0.29, 0.717) is 6.04 Å². The highest BCUT2D eigenvalue weighted by molar-refractivity contribution is 5.42. The Morgan fingerprint density at radius 2 is 2.53 bits per heavy atom. The molecule has 0 aromatic carbocycles. The van der Waals surface area contributed by atoms with Gasteiger partial charge in [0, 0.05) is 26.8 Å². The van der Waals surface area contributed by atoms with Crippen LogP contribution in [0.1, 0.15) is 20.3 Å². The monoisotopic (exact) mass is 207 g/mol. The highest BCUT2D eigenvalue weighted by Crippen LogP contribution is 2.18. The molecule has 1 aliphatic heterocycles. The van der Waals surface area contributed by atoms with Crippen molar-refractivity contribution in [2.45, 2.75) is 26.3 Å². The van der Waals surface area contributed by atoms with Gasteiger partial charge in [-0.1, -0.05) is 6.92 Å². The maximum absolute atomic E-state index is 4.41. The van der Waals surface area contributed by atoms with Gasteiger partial charge in [0.2, 0.25) is 0 Å². The number of likely N-dealkylation sites (N-methyl/N-ethyl adjacent to an activating group) is 1. The molecular weight excluding hydrogens is 186 g/mol. The van der Waals surface area contributed by atoms with Gasteiger partial charge in [0.15, 0.2) is 0 Å². The van der Waals surface area contributed by atoms with Gasteiger partial charge in [-0.25, -0.2) is 4.98 Å². The maximum Gasteiger partial charge on any atom is 0.128 e. The van der Waals surface area contributed by atoms with Gasteiger partial charge in [-0.15, -0.1) is 0 Å². The van der Waals surface area contributed by atoms with Gasteiger partial charge in [-0.2, -0.15) is 0 Å². The van der Waals surface area contributed by atoms with E-state index in [1.807, 2.05) is 12.3 Å². The third-order valence-corrected chi connectivity index (χ3v) is 2.91. The first-order valence-electron chi connectivity index (χ1n) is 5.70. The van der Waals surface area contributed by atoms with Crippen LogP contribution in [0.5, 0.6) is 0 Å². The molecule has 1 unspecified atom stereocenters. The third kappa shape index (κ3) is 2.48. The zero-order chi connectivity index (χ0) is 10.7. The molecule has 1 aliphatic rings. The van der Waals surface area contributed by atoms with Crippen LogP contribution in [0.2, 0.25) is 0 Å². The molecule has 0 spiro atoms. The standard InChI is InChI=1S/C12H19N3.H2/c1-3-13-11-5-7-15(9-11)12-8-10(2)4-6-14-12;/h4,6,8,11,13H,3,5,7,9H2,1-2H3;1H. The highest BCUT2D eigenvalue weighted by Gasteiger charge is 2.22. The molecule has 1 aromatic rings. The Balaban J connectivity index is 0.00000128. The number of nitrogens with one attached hydrogen (secondary N) is 1. The second-order valence-electron chi connectivity index (χ2n) is 4.18. The molecule has 0 bridgehead atoms. The lowest BCUT2D eigenvalue weighted by molar-refractivity contribution is 0.571. The summed E-state index contributed by atoms with van der Waals surface area (Å²) < 4.78 is 0. The van der Waals surface area contributed by atoms with Crippen molar-refractivity contribution in [3.8, 4) is 0 Å². The summed E-state index contributed by atoms with van der Waals surface area (Å²) in [5.41, 5.74) is 1.28. The molecule has 0 radical (unpaired) electrons. The zero-order valence-electron chi connectivity index (χ0n) is 9.53. The summed E-state index contributed by atoms with van der Waals surface area (Å²) in [6.45, 7) is 7.54. The molecule has 15 heavy (non-hydrogen) atoms. The van der Waals surface area contributed by atoms with Crippen molar-refractivity contribution >= 4 is 5.82 Å². The predicted octanol–water partition coefficient (Wildman–Crippen LogP) is 1.82. The van der Waals surface area contributed by atoms with Crippen LogP contribution in [0, 0.1) is 6.92 Å². The van der Waals surface area contributed by atoms with Gasteiger partial charge in [-0.3, -0.25) is 0 Å². The number of rotatable bonds is 3. The van der Waals surface area contributed by atoms with Crippen LogP contribution in [0.15, 0.2) is 18.3 Å². The topological polar surface area (TPSA) is 28.2 Å². The van der Waals surface area contributed by atoms with Crippen molar-refractivity contribution < 1.29 is 1.43 Å². The SMILES string of the molecule is CCNC1CCN(c2cc(C)ccn2)C1.[HH]. The van der Waals surface area contributed by atoms with E-state index in [1.54, 1.807) is 0 Å². The molecule has 1 N–H and O–H groups in total. The molecule has 0 amide bonds. The number of anilines is 1. The summed E-state index contributed by atoms with van der Waals surface area (Å²) in [5, 5.41) is 3.49. The molecule has 1 saturated heterocycles. The summed E-state index contributed by atoms with van der Waals surface area (Å²) in [6.07, 6.45) is 3.12. The number of aryl methyl sites for hydroxylation is 1. The molecule has 1 aromatic heterocycles. The van der Waals surface area contributed by atoms with E-state index in [1.165, 1.54) is 12.0 Å². The van der Waals surface area contributed by atoms with Crippen molar-refractivity contribution in [1.82, 2.24) is 10.3 Å². The summed E-state index contributed by atoms with van der Waals surface area (Å²) >= 11 is 0. The van der Waals surface area contributed by atoms with Crippen LogP contribution in [0.4, 0.5) is 5.82 Å². The van der Waals surface area contributed by atoms with Crippen LogP contribution in [0.3, 0.4) is 0 Å². The molecule has 0 aliphatic carbocycles. The number of pyridine rings is 1. The molecule has 1 atom stereocenters. The Hall–Kier alpha value is -1.09. The summed E-state index contributed by atoms with van der Waals surface area (Å²) in [5.74, 6) is 1.12. The van der Waals surface area contributed by atoms with Crippen molar-refractivity contribution in [3.05, 3.63) is 23.9 Å². The van der Waals surface area contributed by atoms with Gasteiger partial charge >= 0.3 is 0 Å². The smallest absolute Gasteiger partial charge is 0.128 e. The molecule has 1 fully saturated rings. The molecule has 84 valence electrons. The van der Waals surface area contributed by atoms with E-state index in [9.17, 15) is 0 Å². The van der Waals surface area contributed by atoms with Crippen LogP contribution >= 0.6 is 0 Å². The summed E-state index contributed by atoms with van der Waals surface area (Å²) in [7, 11) is 0. The van der Waals surface area contributed by atoms with E-state index in [4.69, 9.17) is 0 Å². The average molecular weight is 207 g/mol. The van der Waals surface area contributed by atoms with Crippen LogP contribution < -0.4 is 10.2 Å². The lowest BCUT2D eigenvalue weighted by atomic mass is 10.3. The van der Waals surface area contributed by atoms with E-state index < -0.39 is 0 Å². The van der Waals surface area contributed by atoms with Gasteiger partial charge in [-0.05, 0) is 37.6 Å². The molecule has 2 rings (SSSR count). The Labute approximate surface area is 93.0 Å². The van der Waals surface area contributed by atoms with Crippen molar-refractivity contribution in [2.24, 2.45) is 0 Å². The maximum atomic E-state index is 4.41. The predicted molar refractivity (Wildman–Crippen MR) is 65.4 cm³/mol. The van der Waals surface area contributed by atoms with Gasteiger partial charge in [0.1, 0.15) is 5.82 Å².